The summed E-state index contributed by atoms with van der Waals surface area (Å²) < 4.78 is 11.8. The quantitative estimate of drug-likeness (QED) is 0.796. The van der Waals surface area contributed by atoms with Crippen molar-refractivity contribution in [2.75, 3.05) is 25.6 Å². The van der Waals surface area contributed by atoms with E-state index in [4.69, 9.17) is 9.47 Å². The van der Waals surface area contributed by atoms with E-state index in [1.165, 1.54) is 11.3 Å². The second-order valence-electron chi connectivity index (χ2n) is 4.46. The van der Waals surface area contributed by atoms with Gasteiger partial charge in [-0.3, -0.25) is 0 Å². The number of hydrogen-bond acceptors (Lipinski definition) is 6. The van der Waals surface area contributed by atoms with Crippen molar-refractivity contribution in [1.82, 2.24) is 9.55 Å². The molecule has 0 fully saturated rings. The summed E-state index contributed by atoms with van der Waals surface area (Å²) in [6.45, 7) is 2.81. The Morgan fingerprint density at radius 1 is 1.52 bits per heavy atom. The molecule has 0 amide bonds. The summed E-state index contributed by atoms with van der Waals surface area (Å²) in [5.41, 5.74) is 2.31. The van der Waals surface area contributed by atoms with Crippen LogP contribution in [0.5, 0.6) is 0 Å². The van der Waals surface area contributed by atoms with Gasteiger partial charge in [-0.25, -0.2) is 9.78 Å². The molecule has 0 bridgehead atoms. The number of thiazole rings is 1. The van der Waals surface area contributed by atoms with Crippen molar-refractivity contribution in [2.24, 2.45) is 7.05 Å². The molecule has 6 nitrogen and oxygen atoms in total. The molecule has 2 aromatic rings. The Balaban J connectivity index is 2.04. The lowest BCUT2D eigenvalue weighted by atomic mass is 10.4. The van der Waals surface area contributed by atoms with Crippen LogP contribution in [0.15, 0.2) is 17.6 Å². The lowest BCUT2D eigenvalue weighted by molar-refractivity contribution is 0.0515. The van der Waals surface area contributed by atoms with E-state index in [1.54, 1.807) is 24.7 Å². The number of esters is 1. The molecule has 0 radical (unpaired) electrons. The monoisotopic (exact) mass is 309 g/mol. The molecule has 2 aromatic heterocycles. The third-order valence-corrected chi connectivity index (χ3v) is 3.66. The lowest BCUT2D eigenvalue weighted by Gasteiger charge is -2.01. The summed E-state index contributed by atoms with van der Waals surface area (Å²) in [4.78, 5) is 16.2. The van der Waals surface area contributed by atoms with E-state index < -0.39 is 0 Å². The number of carbonyl (C=O) groups is 1. The highest BCUT2D eigenvalue weighted by atomic mass is 32.1. The maximum absolute atomic E-state index is 11.8. The number of carbonyl (C=O) groups excluding carboxylic acids is 1. The van der Waals surface area contributed by atoms with Crippen molar-refractivity contribution in [3.63, 3.8) is 0 Å². The summed E-state index contributed by atoms with van der Waals surface area (Å²) in [5.74, 6) is -0.326. The molecular formula is C14H19N3O3S. The highest BCUT2D eigenvalue weighted by Gasteiger charge is 2.13. The number of hydrogen-bond donors (Lipinski definition) is 1. The van der Waals surface area contributed by atoms with Crippen molar-refractivity contribution in [1.29, 1.82) is 0 Å². The van der Waals surface area contributed by atoms with Crippen molar-refractivity contribution in [2.45, 2.75) is 13.3 Å². The molecule has 0 saturated heterocycles. The zero-order valence-electron chi connectivity index (χ0n) is 12.4. The molecule has 2 rings (SSSR count). The molecule has 114 valence electrons. The summed E-state index contributed by atoms with van der Waals surface area (Å²) in [6, 6.07) is 1.76. The Morgan fingerprint density at radius 3 is 3.05 bits per heavy atom. The molecule has 0 aromatic carbocycles. The van der Waals surface area contributed by atoms with Crippen molar-refractivity contribution >= 4 is 28.1 Å². The predicted octanol–water partition coefficient (Wildman–Crippen LogP) is 2.59. The number of anilines is 2. The van der Waals surface area contributed by atoms with Crippen LogP contribution in [0.2, 0.25) is 0 Å². The van der Waals surface area contributed by atoms with E-state index in [0.29, 0.717) is 18.9 Å². The number of ether oxygens (including phenoxy) is 2. The van der Waals surface area contributed by atoms with Crippen LogP contribution < -0.4 is 5.32 Å². The first-order valence-corrected chi connectivity index (χ1v) is 7.55. The number of nitrogens with zero attached hydrogens (tertiary/aromatic N) is 2. The number of nitrogens with one attached hydrogen (secondary N) is 1. The van der Waals surface area contributed by atoms with E-state index >= 15 is 0 Å². The van der Waals surface area contributed by atoms with Crippen LogP contribution in [0, 0.1) is 0 Å². The normalized spacial score (nSPS) is 10.6. The SMILES string of the molecule is CCOC(=O)c1cc(Nc2nc(CCOC)cs2)cn1C. The zero-order valence-corrected chi connectivity index (χ0v) is 13.2. The minimum Gasteiger partial charge on any atom is -0.461 e. The van der Waals surface area contributed by atoms with Crippen LogP contribution in [-0.4, -0.2) is 35.8 Å². The molecule has 1 N–H and O–H groups in total. The fourth-order valence-corrected chi connectivity index (χ4v) is 2.62. The van der Waals surface area contributed by atoms with Gasteiger partial charge in [-0.1, -0.05) is 0 Å². The first-order valence-electron chi connectivity index (χ1n) is 6.68. The molecule has 2 heterocycles. The predicted molar refractivity (Wildman–Crippen MR) is 82.3 cm³/mol. The minimum absolute atomic E-state index is 0.326. The number of methoxy groups -OCH3 is 1. The highest BCUT2D eigenvalue weighted by Crippen LogP contribution is 2.23. The van der Waals surface area contributed by atoms with Gasteiger partial charge in [0.25, 0.3) is 0 Å². The molecule has 0 aliphatic carbocycles. The second kappa shape index (κ2) is 7.24. The zero-order chi connectivity index (χ0) is 15.2. The van der Waals surface area contributed by atoms with E-state index in [1.807, 2.05) is 18.6 Å². The van der Waals surface area contributed by atoms with Crippen LogP contribution in [-0.2, 0) is 22.9 Å². The van der Waals surface area contributed by atoms with Crippen molar-refractivity contribution in [3.05, 3.63) is 29.0 Å². The molecule has 21 heavy (non-hydrogen) atoms. The smallest absolute Gasteiger partial charge is 0.355 e. The van der Waals surface area contributed by atoms with Gasteiger partial charge in [0.05, 0.1) is 24.6 Å². The Labute approximate surface area is 127 Å². The van der Waals surface area contributed by atoms with Gasteiger partial charge in [0.1, 0.15) is 5.69 Å². The number of aryl methyl sites for hydroxylation is 1. The highest BCUT2D eigenvalue weighted by molar-refractivity contribution is 7.13. The largest absolute Gasteiger partial charge is 0.461 e. The molecule has 0 aliphatic rings. The molecule has 0 saturated carbocycles. The van der Waals surface area contributed by atoms with Gasteiger partial charge in [-0.2, -0.15) is 0 Å². The Hall–Kier alpha value is -1.86. The number of aromatic nitrogens is 2. The third-order valence-electron chi connectivity index (χ3n) is 2.85. The molecule has 0 unspecified atom stereocenters. The van der Waals surface area contributed by atoms with Crippen LogP contribution in [0.1, 0.15) is 23.1 Å². The Bertz CT molecular complexity index is 606. The molecule has 7 heteroatoms. The van der Waals surface area contributed by atoms with E-state index in [-0.39, 0.29) is 5.97 Å². The summed E-state index contributed by atoms with van der Waals surface area (Å²) in [6.07, 6.45) is 2.63. The standard InChI is InChI=1S/C14H19N3O3S/c1-4-20-13(18)12-7-11(8-17(12)2)16-14-15-10(9-21-14)5-6-19-3/h7-9H,4-6H2,1-3H3,(H,15,16). The van der Waals surface area contributed by atoms with Crippen LogP contribution in [0.4, 0.5) is 10.8 Å². The molecule has 0 spiro atoms. The fourth-order valence-electron chi connectivity index (χ4n) is 1.85. The second-order valence-corrected chi connectivity index (χ2v) is 5.32. The van der Waals surface area contributed by atoms with Gasteiger partial charge in [0, 0.05) is 32.2 Å². The average molecular weight is 309 g/mol. The summed E-state index contributed by atoms with van der Waals surface area (Å²) >= 11 is 1.53. The van der Waals surface area contributed by atoms with E-state index in [9.17, 15) is 4.79 Å². The van der Waals surface area contributed by atoms with Gasteiger partial charge in [0.15, 0.2) is 5.13 Å². The topological polar surface area (TPSA) is 65.4 Å². The van der Waals surface area contributed by atoms with Gasteiger partial charge in [-0.15, -0.1) is 11.3 Å². The van der Waals surface area contributed by atoms with Gasteiger partial charge in [-0.05, 0) is 13.0 Å². The van der Waals surface area contributed by atoms with E-state index in [2.05, 4.69) is 10.3 Å². The fraction of sp³-hybridized carbons (Fsp3) is 0.429. The van der Waals surface area contributed by atoms with Crippen molar-refractivity contribution in [3.8, 4) is 0 Å². The van der Waals surface area contributed by atoms with Crippen LogP contribution in [0.25, 0.3) is 0 Å². The maximum atomic E-state index is 11.8. The number of rotatable bonds is 7. The van der Waals surface area contributed by atoms with Crippen molar-refractivity contribution < 1.29 is 14.3 Å². The maximum Gasteiger partial charge on any atom is 0.355 e. The lowest BCUT2D eigenvalue weighted by Crippen LogP contribution is -2.08. The first kappa shape index (κ1) is 15.5. The summed E-state index contributed by atoms with van der Waals surface area (Å²) in [7, 11) is 3.48. The van der Waals surface area contributed by atoms with Gasteiger partial charge < -0.3 is 19.4 Å². The van der Waals surface area contributed by atoms with E-state index in [0.717, 1.165) is 22.9 Å². The summed E-state index contributed by atoms with van der Waals surface area (Å²) in [5, 5.41) is 5.99. The van der Waals surface area contributed by atoms with Gasteiger partial charge in [0.2, 0.25) is 0 Å². The van der Waals surface area contributed by atoms with Crippen LogP contribution >= 0.6 is 11.3 Å². The Morgan fingerprint density at radius 2 is 2.33 bits per heavy atom. The third kappa shape index (κ3) is 4.05. The average Bonchev–Trinajstić information content (AvgIpc) is 3.04. The minimum atomic E-state index is -0.326. The molecular weight excluding hydrogens is 290 g/mol. The van der Waals surface area contributed by atoms with Gasteiger partial charge >= 0.3 is 5.97 Å². The molecule has 0 aliphatic heterocycles. The molecule has 0 atom stereocenters. The van der Waals surface area contributed by atoms with Crippen LogP contribution in [0.3, 0.4) is 0 Å². The Kier molecular flexibility index (Phi) is 5.35. The first-order chi connectivity index (χ1) is 10.1.